The number of aromatic nitrogens is 1. The zero-order chi connectivity index (χ0) is 11.3. The predicted molar refractivity (Wildman–Crippen MR) is 61.5 cm³/mol. The zero-order valence-corrected chi connectivity index (χ0v) is 9.96. The van der Waals surface area contributed by atoms with Gasteiger partial charge in [-0.3, -0.25) is 4.79 Å². The van der Waals surface area contributed by atoms with Crippen molar-refractivity contribution in [3.63, 3.8) is 0 Å². The molecule has 0 bridgehead atoms. The van der Waals surface area contributed by atoms with Crippen LogP contribution in [0, 0.1) is 0 Å². The van der Waals surface area contributed by atoms with Crippen molar-refractivity contribution in [3.05, 3.63) is 16.6 Å². The first-order valence-electron chi connectivity index (χ1n) is 5.02. The molecule has 4 nitrogen and oxygen atoms in total. The van der Waals surface area contributed by atoms with E-state index in [0.717, 1.165) is 18.5 Å². The molecule has 1 aromatic rings. The van der Waals surface area contributed by atoms with Gasteiger partial charge in [0.1, 0.15) is 0 Å². The molecule has 0 unspecified atom stereocenters. The lowest BCUT2D eigenvalue weighted by atomic mass is 10.1. The number of carbonyl (C=O) groups excluding carboxylic acids is 1. The Balaban J connectivity index is 2.46. The van der Waals surface area contributed by atoms with Gasteiger partial charge in [0, 0.05) is 12.4 Å². The average Bonchev–Trinajstić information content (AvgIpc) is 2.69. The number of nitrogens with zero attached hydrogens (tertiary/aromatic N) is 2. The van der Waals surface area contributed by atoms with Crippen LogP contribution in [-0.4, -0.2) is 28.9 Å². The third-order valence-corrected chi connectivity index (χ3v) is 2.81. The number of rotatable bonds is 5. The molecule has 2 N–H and O–H groups in total. The van der Waals surface area contributed by atoms with E-state index in [4.69, 9.17) is 5.73 Å². The highest BCUT2D eigenvalue weighted by atomic mass is 32.1. The molecule has 0 radical (unpaired) electrons. The Labute approximate surface area is 94.1 Å². The molecule has 1 aromatic heterocycles. The summed E-state index contributed by atoms with van der Waals surface area (Å²) in [4.78, 5) is 17.5. The summed E-state index contributed by atoms with van der Waals surface area (Å²) >= 11 is 1.53. The fourth-order valence-corrected chi connectivity index (χ4v) is 1.90. The molecule has 0 spiro atoms. The van der Waals surface area contributed by atoms with Crippen molar-refractivity contribution in [2.24, 2.45) is 5.73 Å². The van der Waals surface area contributed by atoms with Crippen molar-refractivity contribution in [2.45, 2.75) is 32.4 Å². The highest BCUT2D eigenvalue weighted by molar-refractivity contribution is 7.07. The molecule has 1 heterocycles. The highest BCUT2D eigenvalue weighted by Gasteiger charge is 2.17. The maximum Gasteiger partial charge on any atom is 0.239 e. The summed E-state index contributed by atoms with van der Waals surface area (Å²) in [7, 11) is 1.76. The smallest absolute Gasteiger partial charge is 0.239 e. The molecule has 0 aliphatic rings. The molecule has 0 fully saturated rings. The number of likely N-dealkylation sites (N-methyl/N-ethyl adjacent to an activating group) is 1. The van der Waals surface area contributed by atoms with E-state index in [-0.39, 0.29) is 11.9 Å². The first-order valence-corrected chi connectivity index (χ1v) is 5.97. The molecule has 0 aliphatic carbocycles. The van der Waals surface area contributed by atoms with E-state index in [1.54, 1.807) is 17.5 Å². The van der Waals surface area contributed by atoms with Crippen LogP contribution in [0.25, 0.3) is 0 Å². The summed E-state index contributed by atoms with van der Waals surface area (Å²) in [5.41, 5.74) is 8.43. The van der Waals surface area contributed by atoms with Crippen LogP contribution in [0.4, 0.5) is 0 Å². The SMILES string of the molecule is CCC[C@H](N)C(=O)N(C)Cc1cscn1. The van der Waals surface area contributed by atoms with Crippen molar-refractivity contribution in [3.8, 4) is 0 Å². The molecule has 1 atom stereocenters. The van der Waals surface area contributed by atoms with E-state index in [1.165, 1.54) is 11.3 Å². The minimum atomic E-state index is -0.376. The number of hydrogen-bond donors (Lipinski definition) is 1. The van der Waals surface area contributed by atoms with Crippen molar-refractivity contribution in [2.75, 3.05) is 7.05 Å². The van der Waals surface area contributed by atoms with Crippen LogP contribution < -0.4 is 5.73 Å². The summed E-state index contributed by atoms with van der Waals surface area (Å²) in [6.45, 7) is 2.56. The van der Waals surface area contributed by atoms with Gasteiger partial charge in [-0.15, -0.1) is 11.3 Å². The Morgan fingerprint density at radius 2 is 2.47 bits per heavy atom. The lowest BCUT2D eigenvalue weighted by Gasteiger charge is -2.20. The summed E-state index contributed by atoms with van der Waals surface area (Å²) < 4.78 is 0. The lowest BCUT2D eigenvalue weighted by Crippen LogP contribution is -2.41. The Bertz CT molecular complexity index is 300. The molecule has 5 heteroatoms. The van der Waals surface area contributed by atoms with Crippen LogP contribution in [0.3, 0.4) is 0 Å². The molecular formula is C10H17N3OS. The van der Waals surface area contributed by atoms with Gasteiger partial charge in [0.2, 0.25) is 5.91 Å². The first kappa shape index (κ1) is 12.1. The zero-order valence-electron chi connectivity index (χ0n) is 9.14. The normalized spacial score (nSPS) is 12.5. The van der Waals surface area contributed by atoms with Gasteiger partial charge in [-0.05, 0) is 6.42 Å². The van der Waals surface area contributed by atoms with Crippen molar-refractivity contribution >= 4 is 17.2 Å². The maximum atomic E-state index is 11.7. The number of carbonyl (C=O) groups is 1. The fraction of sp³-hybridized carbons (Fsp3) is 0.600. The summed E-state index contributed by atoms with van der Waals surface area (Å²) in [5.74, 6) is -0.00940. The summed E-state index contributed by atoms with van der Waals surface area (Å²) in [5, 5.41) is 1.94. The van der Waals surface area contributed by atoms with Crippen LogP contribution >= 0.6 is 11.3 Å². The lowest BCUT2D eigenvalue weighted by molar-refractivity contribution is -0.132. The van der Waals surface area contributed by atoms with E-state index < -0.39 is 0 Å². The molecule has 0 aliphatic heterocycles. The van der Waals surface area contributed by atoms with Gasteiger partial charge in [0.05, 0.1) is 23.8 Å². The summed E-state index contributed by atoms with van der Waals surface area (Å²) in [6, 6.07) is -0.376. The van der Waals surface area contributed by atoms with Crippen LogP contribution in [0.2, 0.25) is 0 Å². The van der Waals surface area contributed by atoms with Gasteiger partial charge in [0.25, 0.3) is 0 Å². The Kier molecular flexibility index (Phi) is 4.71. The van der Waals surface area contributed by atoms with Gasteiger partial charge in [-0.25, -0.2) is 4.98 Å². The molecule has 1 amide bonds. The van der Waals surface area contributed by atoms with E-state index in [1.807, 2.05) is 12.3 Å². The second-order valence-electron chi connectivity index (χ2n) is 3.57. The number of hydrogen-bond acceptors (Lipinski definition) is 4. The largest absolute Gasteiger partial charge is 0.338 e. The van der Waals surface area contributed by atoms with Crippen molar-refractivity contribution in [1.82, 2.24) is 9.88 Å². The monoisotopic (exact) mass is 227 g/mol. The quantitative estimate of drug-likeness (QED) is 0.823. The Morgan fingerprint density at radius 1 is 1.73 bits per heavy atom. The fourth-order valence-electron chi connectivity index (χ4n) is 1.35. The molecular weight excluding hydrogens is 210 g/mol. The Morgan fingerprint density at radius 3 is 3.00 bits per heavy atom. The number of thiazole rings is 1. The second-order valence-corrected chi connectivity index (χ2v) is 4.29. The minimum absolute atomic E-state index is 0.00940. The molecule has 84 valence electrons. The first-order chi connectivity index (χ1) is 7.15. The maximum absolute atomic E-state index is 11.7. The average molecular weight is 227 g/mol. The van der Waals surface area contributed by atoms with Crippen LogP contribution in [0.5, 0.6) is 0 Å². The number of nitrogens with two attached hydrogens (primary N) is 1. The molecule has 0 saturated heterocycles. The minimum Gasteiger partial charge on any atom is -0.338 e. The van der Waals surface area contributed by atoms with E-state index in [9.17, 15) is 4.79 Å². The standard InChI is InChI=1S/C10H17N3OS/c1-3-4-9(11)10(14)13(2)5-8-6-15-7-12-8/h6-7,9H,3-5,11H2,1-2H3/t9-/m0/s1. The third-order valence-electron chi connectivity index (χ3n) is 2.18. The van der Waals surface area contributed by atoms with Gasteiger partial charge >= 0.3 is 0 Å². The highest BCUT2D eigenvalue weighted by Crippen LogP contribution is 2.06. The van der Waals surface area contributed by atoms with Crippen molar-refractivity contribution in [1.29, 1.82) is 0 Å². The molecule has 0 saturated carbocycles. The van der Waals surface area contributed by atoms with Gasteiger partial charge < -0.3 is 10.6 Å². The van der Waals surface area contributed by atoms with E-state index >= 15 is 0 Å². The number of amides is 1. The predicted octanol–water partition coefficient (Wildman–Crippen LogP) is 1.23. The van der Waals surface area contributed by atoms with Crippen LogP contribution in [0.15, 0.2) is 10.9 Å². The van der Waals surface area contributed by atoms with E-state index in [0.29, 0.717) is 6.54 Å². The Hall–Kier alpha value is -0.940. The van der Waals surface area contributed by atoms with Crippen LogP contribution in [-0.2, 0) is 11.3 Å². The molecule has 15 heavy (non-hydrogen) atoms. The van der Waals surface area contributed by atoms with E-state index in [2.05, 4.69) is 4.98 Å². The summed E-state index contributed by atoms with van der Waals surface area (Å²) in [6.07, 6.45) is 1.66. The van der Waals surface area contributed by atoms with Gasteiger partial charge in [-0.1, -0.05) is 13.3 Å². The molecule has 0 aromatic carbocycles. The van der Waals surface area contributed by atoms with Gasteiger partial charge in [-0.2, -0.15) is 0 Å². The molecule has 1 rings (SSSR count). The van der Waals surface area contributed by atoms with Gasteiger partial charge in [0.15, 0.2) is 0 Å². The topological polar surface area (TPSA) is 59.2 Å². The third kappa shape index (κ3) is 3.60. The second kappa shape index (κ2) is 5.82. The van der Waals surface area contributed by atoms with Crippen LogP contribution in [0.1, 0.15) is 25.5 Å². The van der Waals surface area contributed by atoms with Crippen molar-refractivity contribution < 1.29 is 4.79 Å².